The Morgan fingerprint density at radius 1 is 1.03 bits per heavy atom. The monoisotopic (exact) mass is 402 g/mol. The number of hydrogen-bond donors (Lipinski definition) is 0. The minimum absolute atomic E-state index is 0.205. The van der Waals surface area contributed by atoms with Crippen molar-refractivity contribution in [3.63, 3.8) is 0 Å². The molecular formula is C24H23FN4O. The van der Waals surface area contributed by atoms with E-state index in [-0.39, 0.29) is 5.82 Å². The van der Waals surface area contributed by atoms with Gasteiger partial charge in [-0.3, -0.25) is 9.88 Å². The molecule has 5 nitrogen and oxygen atoms in total. The van der Waals surface area contributed by atoms with E-state index in [1.165, 1.54) is 6.07 Å². The molecule has 30 heavy (non-hydrogen) atoms. The Bertz CT molecular complexity index is 1200. The average molecular weight is 402 g/mol. The minimum Gasteiger partial charge on any atom is -0.379 e. The molecule has 1 aromatic carbocycles. The molecule has 0 unspecified atom stereocenters. The van der Waals surface area contributed by atoms with E-state index >= 15 is 0 Å². The maximum absolute atomic E-state index is 13.8. The second-order valence-corrected chi connectivity index (χ2v) is 7.65. The number of fused-ring (bicyclic) bond motifs is 1. The van der Waals surface area contributed by atoms with Crippen LogP contribution in [0.2, 0.25) is 0 Å². The molecule has 3 aromatic heterocycles. The molecule has 4 heterocycles. The van der Waals surface area contributed by atoms with Gasteiger partial charge in [-0.15, -0.1) is 0 Å². The fourth-order valence-electron chi connectivity index (χ4n) is 3.96. The van der Waals surface area contributed by atoms with Gasteiger partial charge in [-0.2, -0.15) is 0 Å². The van der Waals surface area contributed by atoms with Crippen molar-refractivity contribution in [1.29, 1.82) is 0 Å². The van der Waals surface area contributed by atoms with Crippen molar-refractivity contribution in [3.8, 4) is 22.4 Å². The van der Waals surface area contributed by atoms with Crippen LogP contribution < -0.4 is 0 Å². The molecule has 1 saturated heterocycles. The van der Waals surface area contributed by atoms with Crippen LogP contribution in [0.15, 0.2) is 61.1 Å². The van der Waals surface area contributed by atoms with E-state index in [0.29, 0.717) is 5.56 Å². The lowest BCUT2D eigenvalue weighted by Crippen LogP contribution is -2.35. The first-order valence-electron chi connectivity index (χ1n) is 10.2. The van der Waals surface area contributed by atoms with Crippen LogP contribution in [-0.2, 0) is 11.3 Å². The summed E-state index contributed by atoms with van der Waals surface area (Å²) in [6.45, 7) is 6.03. The number of morpholine rings is 1. The highest BCUT2D eigenvalue weighted by Gasteiger charge is 2.15. The number of pyridine rings is 2. The van der Waals surface area contributed by atoms with Crippen molar-refractivity contribution in [3.05, 3.63) is 78.1 Å². The Kier molecular flexibility index (Phi) is 5.02. The van der Waals surface area contributed by atoms with E-state index in [1.807, 2.05) is 24.4 Å². The third-order valence-electron chi connectivity index (χ3n) is 5.62. The molecular weight excluding hydrogens is 379 g/mol. The van der Waals surface area contributed by atoms with Crippen LogP contribution in [0.5, 0.6) is 0 Å². The van der Waals surface area contributed by atoms with Crippen LogP contribution in [0.3, 0.4) is 0 Å². The van der Waals surface area contributed by atoms with Crippen LogP contribution in [-0.4, -0.2) is 45.6 Å². The van der Waals surface area contributed by atoms with E-state index < -0.39 is 0 Å². The predicted octanol–water partition coefficient (Wildman–Crippen LogP) is 4.34. The van der Waals surface area contributed by atoms with Gasteiger partial charge in [0.2, 0.25) is 0 Å². The second kappa shape index (κ2) is 7.97. The molecule has 152 valence electrons. The Balaban J connectivity index is 1.55. The fourth-order valence-corrected chi connectivity index (χ4v) is 3.96. The van der Waals surface area contributed by atoms with Crippen molar-refractivity contribution >= 4 is 5.65 Å². The SMILES string of the molecule is Cc1cc(-c2ncccc2-c2ccc3ncc(CN4CCOCC4)n3c2)ccc1F. The highest BCUT2D eigenvalue weighted by molar-refractivity contribution is 5.81. The first-order valence-corrected chi connectivity index (χ1v) is 10.2. The van der Waals surface area contributed by atoms with Crippen LogP contribution >= 0.6 is 0 Å². The number of halogens is 1. The van der Waals surface area contributed by atoms with Crippen molar-refractivity contribution < 1.29 is 9.13 Å². The topological polar surface area (TPSA) is 42.7 Å². The van der Waals surface area contributed by atoms with Crippen LogP contribution in [0, 0.1) is 12.7 Å². The lowest BCUT2D eigenvalue weighted by Gasteiger charge is -2.26. The maximum Gasteiger partial charge on any atom is 0.136 e. The van der Waals surface area contributed by atoms with Crippen LogP contribution in [0.25, 0.3) is 28.0 Å². The van der Waals surface area contributed by atoms with Crippen molar-refractivity contribution in [2.45, 2.75) is 13.5 Å². The quantitative estimate of drug-likeness (QED) is 0.509. The summed E-state index contributed by atoms with van der Waals surface area (Å²) in [6, 6.07) is 13.2. The summed E-state index contributed by atoms with van der Waals surface area (Å²) in [5.41, 5.74) is 6.49. The lowest BCUT2D eigenvalue weighted by molar-refractivity contribution is 0.0335. The number of nitrogens with zero attached hydrogens (tertiary/aromatic N) is 4. The molecule has 4 aromatic rings. The van der Waals surface area contributed by atoms with E-state index in [4.69, 9.17) is 4.74 Å². The summed E-state index contributed by atoms with van der Waals surface area (Å²) >= 11 is 0. The largest absolute Gasteiger partial charge is 0.379 e. The summed E-state index contributed by atoms with van der Waals surface area (Å²) in [7, 11) is 0. The number of hydrogen-bond acceptors (Lipinski definition) is 4. The molecule has 1 aliphatic heterocycles. The smallest absolute Gasteiger partial charge is 0.136 e. The van der Waals surface area contributed by atoms with Crippen LogP contribution in [0.4, 0.5) is 4.39 Å². The van der Waals surface area contributed by atoms with Gasteiger partial charge in [-0.05, 0) is 48.9 Å². The van der Waals surface area contributed by atoms with Gasteiger partial charge in [0.05, 0.1) is 30.8 Å². The number of rotatable bonds is 4. The molecule has 0 saturated carbocycles. The van der Waals surface area contributed by atoms with Gasteiger partial charge >= 0.3 is 0 Å². The van der Waals surface area contributed by atoms with Gasteiger partial charge < -0.3 is 9.14 Å². The Labute approximate surface area is 174 Å². The molecule has 0 bridgehead atoms. The average Bonchev–Trinajstić information content (AvgIpc) is 3.18. The van der Waals surface area contributed by atoms with Gasteiger partial charge in [0.25, 0.3) is 0 Å². The molecule has 0 N–H and O–H groups in total. The normalized spacial score (nSPS) is 15.0. The number of ether oxygens (including phenoxy) is 1. The molecule has 0 radical (unpaired) electrons. The number of aryl methyl sites for hydroxylation is 1. The number of imidazole rings is 1. The zero-order valence-corrected chi connectivity index (χ0v) is 16.9. The summed E-state index contributed by atoms with van der Waals surface area (Å²) in [5.74, 6) is -0.205. The Morgan fingerprint density at radius 2 is 1.87 bits per heavy atom. The molecule has 6 heteroatoms. The first kappa shape index (κ1) is 18.9. The highest BCUT2D eigenvalue weighted by atomic mass is 19.1. The molecule has 5 rings (SSSR count). The van der Waals surface area contributed by atoms with Gasteiger partial charge in [0.15, 0.2) is 0 Å². The number of benzene rings is 1. The molecule has 0 spiro atoms. The van der Waals surface area contributed by atoms with Crippen molar-refractivity contribution in [2.24, 2.45) is 0 Å². The van der Waals surface area contributed by atoms with Crippen molar-refractivity contribution in [2.75, 3.05) is 26.3 Å². The minimum atomic E-state index is -0.205. The Morgan fingerprint density at radius 3 is 2.70 bits per heavy atom. The van der Waals surface area contributed by atoms with Gasteiger partial charge in [0.1, 0.15) is 11.5 Å². The molecule has 1 aliphatic rings. The van der Waals surface area contributed by atoms with Gasteiger partial charge in [0, 0.05) is 48.7 Å². The Hall–Kier alpha value is -3.09. The third kappa shape index (κ3) is 3.60. The van der Waals surface area contributed by atoms with E-state index in [2.05, 4.69) is 37.6 Å². The fraction of sp³-hybridized carbons (Fsp3) is 0.250. The van der Waals surface area contributed by atoms with E-state index in [1.54, 1.807) is 19.2 Å². The predicted molar refractivity (Wildman–Crippen MR) is 115 cm³/mol. The zero-order valence-electron chi connectivity index (χ0n) is 16.9. The molecule has 0 amide bonds. The summed E-state index contributed by atoms with van der Waals surface area (Å²) in [5, 5.41) is 0. The summed E-state index contributed by atoms with van der Waals surface area (Å²) in [6.07, 6.45) is 5.84. The maximum atomic E-state index is 13.8. The molecule has 0 aliphatic carbocycles. The van der Waals surface area contributed by atoms with Gasteiger partial charge in [-0.1, -0.05) is 6.07 Å². The third-order valence-corrected chi connectivity index (χ3v) is 5.62. The van der Waals surface area contributed by atoms with Crippen LogP contribution in [0.1, 0.15) is 11.3 Å². The number of aromatic nitrogens is 3. The molecule has 0 atom stereocenters. The standard InChI is InChI=1S/C24H23FN4O/c1-17-13-18(4-6-22(17)25)24-21(3-2-8-26-24)19-5-7-23-27-14-20(29(23)15-19)16-28-9-11-30-12-10-28/h2-8,13-15H,9-12,16H2,1H3. The van der Waals surface area contributed by atoms with Gasteiger partial charge in [-0.25, -0.2) is 9.37 Å². The highest BCUT2D eigenvalue weighted by Crippen LogP contribution is 2.31. The lowest BCUT2D eigenvalue weighted by atomic mass is 9.99. The summed E-state index contributed by atoms with van der Waals surface area (Å²) < 4.78 is 21.4. The van der Waals surface area contributed by atoms with E-state index in [9.17, 15) is 4.39 Å². The second-order valence-electron chi connectivity index (χ2n) is 7.65. The first-order chi connectivity index (χ1) is 14.7. The van der Waals surface area contributed by atoms with E-state index in [0.717, 1.165) is 66.6 Å². The molecule has 1 fully saturated rings. The zero-order chi connectivity index (χ0) is 20.5. The van der Waals surface area contributed by atoms with Crippen molar-refractivity contribution in [1.82, 2.24) is 19.3 Å². The summed E-state index contributed by atoms with van der Waals surface area (Å²) in [4.78, 5) is 11.6.